The molecule has 0 saturated heterocycles. The summed E-state index contributed by atoms with van der Waals surface area (Å²) in [6.45, 7) is 0. The van der Waals surface area contributed by atoms with Gasteiger partial charge in [0.15, 0.2) is 0 Å². The van der Waals surface area contributed by atoms with Gasteiger partial charge >= 0.3 is 0 Å². The second-order valence-electron chi connectivity index (χ2n) is 6.12. The average molecular weight is 366 g/mol. The number of benzene rings is 3. The molecular weight excluding hydrogens is 353 g/mol. The summed E-state index contributed by atoms with van der Waals surface area (Å²) in [6.07, 6.45) is -0.249. The van der Waals surface area contributed by atoms with E-state index in [1.807, 2.05) is 54.6 Å². The Kier molecular flexibility index (Phi) is 3.30. The van der Waals surface area contributed by atoms with Gasteiger partial charge < -0.3 is 9.30 Å². The molecule has 1 aromatic heterocycles. The Labute approximate surface area is 155 Å². The van der Waals surface area contributed by atoms with Crippen LogP contribution in [0.5, 0.6) is 5.75 Å². The third kappa shape index (κ3) is 2.33. The fourth-order valence-corrected chi connectivity index (χ4v) is 3.82. The molecule has 0 N–H and O–H groups in total. The lowest BCUT2D eigenvalue weighted by atomic mass is 10.1. The normalized spacial score (nSPS) is 15.5. The molecule has 122 valence electrons. The van der Waals surface area contributed by atoms with Crippen molar-refractivity contribution in [1.29, 1.82) is 0 Å². The summed E-state index contributed by atoms with van der Waals surface area (Å²) < 4.78 is 8.59. The predicted octanol–water partition coefficient (Wildman–Crippen LogP) is 6.55. The minimum Gasteiger partial charge on any atom is -0.465 e. The topological polar surface area (TPSA) is 14.2 Å². The number of hydrogen-bond acceptors (Lipinski definition) is 1. The minimum absolute atomic E-state index is 0.249. The molecule has 4 aromatic rings. The molecule has 2 nitrogen and oxygen atoms in total. The minimum atomic E-state index is -0.249. The maximum Gasteiger partial charge on any atom is 0.203 e. The summed E-state index contributed by atoms with van der Waals surface area (Å²) in [5, 5.41) is 2.48. The quantitative estimate of drug-likeness (QED) is 0.372. The lowest BCUT2D eigenvalue weighted by Crippen LogP contribution is -2.22. The van der Waals surface area contributed by atoms with Crippen molar-refractivity contribution in [1.82, 2.24) is 4.57 Å². The Morgan fingerprint density at radius 3 is 2.40 bits per heavy atom. The van der Waals surface area contributed by atoms with Crippen LogP contribution in [0.25, 0.3) is 22.2 Å². The van der Waals surface area contributed by atoms with E-state index in [-0.39, 0.29) is 6.23 Å². The number of rotatable bonds is 1. The number of ether oxygens (including phenoxy) is 1. The summed E-state index contributed by atoms with van der Waals surface area (Å²) in [5.74, 6) is 0.794. The Balaban J connectivity index is 1.84. The molecule has 1 atom stereocenters. The van der Waals surface area contributed by atoms with E-state index in [9.17, 15) is 0 Å². The summed E-state index contributed by atoms with van der Waals surface area (Å²) >= 11 is 12.4. The fraction of sp³-hybridized carbons (Fsp3) is 0.0476. The molecule has 1 aliphatic rings. The maximum atomic E-state index is 6.37. The van der Waals surface area contributed by atoms with E-state index in [4.69, 9.17) is 27.9 Å². The molecule has 0 spiro atoms. The first-order valence-electron chi connectivity index (χ1n) is 8.03. The fourth-order valence-electron chi connectivity index (χ4n) is 3.48. The van der Waals surface area contributed by atoms with Crippen LogP contribution in [0, 0.1) is 0 Å². The zero-order valence-electron chi connectivity index (χ0n) is 13.1. The first-order valence-corrected chi connectivity index (χ1v) is 8.78. The van der Waals surface area contributed by atoms with Crippen LogP contribution in [0.3, 0.4) is 0 Å². The van der Waals surface area contributed by atoms with Gasteiger partial charge in [-0.3, -0.25) is 0 Å². The van der Waals surface area contributed by atoms with Crippen LogP contribution in [0.1, 0.15) is 11.8 Å². The van der Waals surface area contributed by atoms with Crippen molar-refractivity contribution in [3.63, 3.8) is 0 Å². The smallest absolute Gasteiger partial charge is 0.203 e. The molecule has 4 heteroatoms. The molecule has 0 bridgehead atoms. The van der Waals surface area contributed by atoms with Gasteiger partial charge in [0.25, 0.3) is 0 Å². The predicted molar refractivity (Wildman–Crippen MR) is 103 cm³/mol. The molecular formula is C21H13Cl2NO. The van der Waals surface area contributed by atoms with Crippen LogP contribution in [-0.2, 0) is 0 Å². The number of aromatic nitrogens is 1. The van der Waals surface area contributed by atoms with Crippen molar-refractivity contribution in [2.45, 2.75) is 6.23 Å². The first-order chi connectivity index (χ1) is 12.2. The zero-order chi connectivity index (χ0) is 17.0. The van der Waals surface area contributed by atoms with Crippen LogP contribution in [-0.4, -0.2) is 4.57 Å². The Morgan fingerprint density at radius 2 is 1.56 bits per heavy atom. The van der Waals surface area contributed by atoms with Gasteiger partial charge in [0.2, 0.25) is 6.23 Å². The van der Waals surface area contributed by atoms with Crippen molar-refractivity contribution in [3.05, 3.63) is 88.4 Å². The Hall–Kier alpha value is -2.42. The molecule has 0 aliphatic carbocycles. The van der Waals surface area contributed by atoms with Crippen molar-refractivity contribution in [3.8, 4) is 17.0 Å². The number of nitrogens with zero attached hydrogens (tertiary/aromatic N) is 1. The van der Waals surface area contributed by atoms with Gasteiger partial charge in [-0.2, -0.15) is 0 Å². The van der Waals surface area contributed by atoms with Crippen molar-refractivity contribution >= 4 is 34.1 Å². The summed E-state index contributed by atoms with van der Waals surface area (Å²) in [4.78, 5) is 0. The van der Waals surface area contributed by atoms with Gasteiger partial charge in [-0.25, -0.2) is 0 Å². The molecule has 0 radical (unpaired) electrons. The SMILES string of the molecule is Clc1ccc2c(c1)OC(c1ccccc1)n1c-2cc2cc(Cl)ccc21. The highest BCUT2D eigenvalue weighted by Gasteiger charge is 2.28. The Morgan fingerprint density at radius 1 is 0.800 bits per heavy atom. The van der Waals surface area contributed by atoms with E-state index in [1.165, 1.54) is 0 Å². The van der Waals surface area contributed by atoms with E-state index < -0.39 is 0 Å². The van der Waals surface area contributed by atoms with Crippen molar-refractivity contribution in [2.75, 3.05) is 0 Å². The van der Waals surface area contributed by atoms with Gasteiger partial charge in [-0.15, -0.1) is 0 Å². The highest BCUT2D eigenvalue weighted by atomic mass is 35.5. The molecule has 0 fully saturated rings. The highest BCUT2D eigenvalue weighted by Crippen LogP contribution is 2.45. The Bertz CT molecular complexity index is 1100. The van der Waals surface area contributed by atoms with Gasteiger partial charge in [-0.1, -0.05) is 53.5 Å². The molecule has 5 rings (SSSR count). The zero-order valence-corrected chi connectivity index (χ0v) is 14.6. The first kappa shape index (κ1) is 14.9. The summed E-state index contributed by atoms with van der Waals surface area (Å²) in [7, 11) is 0. The average Bonchev–Trinajstić information content (AvgIpc) is 3.00. The number of fused-ring (bicyclic) bond motifs is 5. The highest BCUT2D eigenvalue weighted by molar-refractivity contribution is 6.31. The van der Waals surface area contributed by atoms with E-state index in [0.717, 1.165) is 38.5 Å². The second-order valence-corrected chi connectivity index (χ2v) is 7.00. The van der Waals surface area contributed by atoms with Gasteiger partial charge in [0, 0.05) is 26.6 Å². The van der Waals surface area contributed by atoms with Crippen LogP contribution >= 0.6 is 23.2 Å². The standard InChI is InChI=1S/C21H13Cl2NO/c22-15-7-9-18-14(10-15)11-19-17-8-6-16(23)12-20(17)25-21(24(18)19)13-4-2-1-3-5-13/h1-12,21H. The van der Waals surface area contributed by atoms with Gasteiger partial charge in [0.1, 0.15) is 5.75 Å². The number of hydrogen-bond donors (Lipinski definition) is 0. The van der Waals surface area contributed by atoms with Crippen molar-refractivity contribution in [2.24, 2.45) is 0 Å². The largest absolute Gasteiger partial charge is 0.465 e. The van der Waals surface area contributed by atoms with Crippen LogP contribution in [0.15, 0.2) is 72.8 Å². The molecule has 25 heavy (non-hydrogen) atoms. The van der Waals surface area contributed by atoms with Gasteiger partial charge in [0.05, 0.1) is 11.2 Å². The van der Waals surface area contributed by atoms with E-state index in [1.54, 1.807) is 0 Å². The monoisotopic (exact) mass is 365 g/mol. The molecule has 1 aliphatic heterocycles. The number of halogens is 2. The lowest BCUT2D eigenvalue weighted by Gasteiger charge is -2.30. The van der Waals surface area contributed by atoms with Crippen LogP contribution in [0.2, 0.25) is 10.0 Å². The maximum absolute atomic E-state index is 6.37. The molecule has 3 aromatic carbocycles. The molecule has 0 amide bonds. The molecule has 1 unspecified atom stereocenters. The lowest BCUT2D eigenvalue weighted by molar-refractivity contribution is 0.173. The van der Waals surface area contributed by atoms with Crippen molar-refractivity contribution < 1.29 is 4.74 Å². The van der Waals surface area contributed by atoms with Gasteiger partial charge in [-0.05, 0) is 42.5 Å². The second kappa shape index (κ2) is 5.55. The van der Waals surface area contributed by atoms with E-state index >= 15 is 0 Å². The summed E-state index contributed by atoms with van der Waals surface area (Å²) in [6, 6.07) is 24.1. The molecule has 2 heterocycles. The third-order valence-electron chi connectivity index (χ3n) is 4.58. The molecule has 0 saturated carbocycles. The third-order valence-corrected chi connectivity index (χ3v) is 5.05. The van der Waals surface area contributed by atoms with E-state index in [0.29, 0.717) is 5.02 Å². The summed E-state index contributed by atoms with van der Waals surface area (Å²) in [5.41, 5.74) is 4.31. The van der Waals surface area contributed by atoms with E-state index in [2.05, 4.69) is 22.8 Å². The van der Waals surface area contributed by atoms with Crippen LogP contribution < -0.4 is 4.74 Å². The van der Waals surface area contributed by atoms with Crippen LogP contribution in [0.4, 0.5) is 0 Å².